The Morgan fingerprint density at radius 1 is 1.29 bits per heavy atom. The van der Waals surface area contributed by atoms with Gasteiger partial charge in [-0.3, -0.25) is 0 Å². The second-order valence-corrected chi connectivity index (χ2v) is 3.77. The molecule has 2 heteroatoms. The highest BCUT2D eigenvalue weighted by Crippen LogP contribution is 2.27. The van der Waals surface area contributed by atoms with Gasteiger partial charge in [-0.05, 0) is 30.5 Å². The summed E-state index contributed by atoms with van der Waals surface area (Å²) in [6.45, 7) is 6.25. The van der Waals surface area contributed by atoms with E-state index in [0.717, 1.165) is 16.9 Å². The summed E-state index contributed by atoms with van der Waals surface area (Å²) in [7, 11) is 1.68. The van der Waals surface area contributed by atoms with Crippen molar-refractivity contribution < 1.29 is 9.84 Å². The number of aliphatic hydroxyl groups is 1. The summed E-state index contributed by atoms with van der Waals surface area (Å²) in [5.74, 6) is 1.14. The summed E-state index contributed by atoms with van der Waals surface area (Å²) in [5, 5.41) is 9.07. The van der Waals surface area contributed by atoms with Gasteiger partial charge in [0.15, 0.2) is 0 Å². The molecular formula is C12H18O2. The van der Waals surface area contributed by atoms with Crippen molar-refractivity contribution in [3.8, 4) is 5.75 Å². The molecule has 0 aliphatic carbocycles. The second-order valence-electron chi connectivity index (χ2n) is 3.77. The Morgan fingerprint density at radius 2 is 1.79 bits per heavy atom. The van der Waals surface area contributed by atoms with Crippen LogP contribution in [0, 0.1) is 13.8 Å². The quantitative estimate of drug-likeness (QED) is 0.800. The molecular weight excluding hydrogens is 176 g/mol. The predicted octanol–water partition coefficient (Wildman–Crippen LogP) is 2.41. The zero-order valence-electron chi connectivity index (χ0n) is 9.29. The van der Waals surface area contributed by atoms with E-state index in [0.29, 0.717) is 0 Å². The summed E-state index contributed by atoms with van der Waals surface area (Å²) in [5.41, 5.74) is 3.42. The van der Waals surface area contributed by atoms with Gasteiger partial charge in [0.2, 0.25) is 0 Å². The molecule has 14 heavy (non-hydrogen) atoms. The first kappa shape index (κ1) is 11.1. The molecule has 0 aliphatic rings. The number of hydrogen-bond donors (Lipinski definition) is 1. The Labute approximate surface area is 85.5 Å². The lowest BCUT2D eigenvalue weighted by molar-refractivity contribution is 0.273. The number of aliphatic hydroxyl groups excluding tert-OH is 1. The fraction of sp³-hybridized carbons (Fsp3) is 0.500. The predicted molar refractivity (Wildman–Crippen MR) is 58.0 cm³/mol. The maximum absolute atomic E-state index is 9.07. The third kappa shape index (κ3) is 2.07. The maximum Gasteiger partial charge on any atom is 0.124 e. The molecule has 1 aromatic rings. The molecule has 1 rings (SSSR count). The van der Waals surface area contributed by atoms with Crippen molar-refractivity contribution in [2.24, 2.45) is 0 Å². The molecule has 0 amide bonds. The van der Waals surface area contributed by atoms with Crippen LogP contribution in [0.2, 0.25) is 0 Å². The molecule has 0 saturated carbocycles. The van der Waals surface area contributed by atoms with Crippen LogP contribution in [-0.4, -0.2) is 18.8 Å². The summed E-state index contributed by atoms with van der Waals surface area (Å²) in [6, 6.07) is 4.15. The number of hydrogen-bond acceptors (Lipinski definition) is 2. The molecule has 0 aliphatic heterocycles. The van der Waals surface area contributed by atoms with Crippen molar-refractivity contribution in [1.29, 1.82) is 0 Å². The third-order valence-electron chi connectivity index (χ3n) is 2.53. The van der Waals surface area contributed by atoms with E-state index in [4.69, 9.17) is 9.84 Å². The van der Waals surface area contributed by atoms with Gasteiger partial charge in [-0.2, -0.15) is 0 Å². The zero-order chi connectivity index (χ0) is 10.7. The molecule has 1 unspecified atom stereocenters. The summed E-state index contributed by atoms with van der Waals surface area (Å²) in [4.78, 5) is 0. The van der Waals surface area contributed by atoms with E-state index in [1.165, 1.54) is 5.56 Å². The smallest absolute Gasteiger partial charge is 0.124 e. The lowest BCUT2D eigenvalue weighted by atomic mass is 9.97. The fourth-order valence-electron chi connectivity index (χ4n) is 1.70. The van der Waals surface area contributed by atoms with Crippen LogP contribution in [0.4, 0.5) is 0 Å². The first-order chi connectivity index (χ1) is 6.60. The van der Waals surface area contributed by atoms with E-state index in [9.17, 15) is 0 Å². The number of aryl methyl sites for hydroxylation is 2. The van der Waals surface area contributed by atoms with E-state index in [1.807, 2.05) is 20.8 Å². The van der Waals surface area contributed by atoms with E-state index in [1.54, 1.807) is 7.11 Å². The molecule has 0 fully saturated rings. The zero-order valence-corrected chi connectivity index (χ0v) is 9.29. The maximum atomic E-state index is 9.07. The monoisotopic (exact) mass is 194 g/mol. The van der Waals surface area contributed by atoms with Gasteiger partial charge >= 0.3 is 0 Å². The average Bonchev–Trinajstić information content (AvgIpc) is 2.16. The topological polar surface area (TPSA) is 29.5 Å². The van der Waals surface area contributed by atoms with Crippen molar-refractivity contribution in [3.05, 3.63) is 28.8 Å². The van der Waals surface area contributed by atoms with Gasteiger partial charge in [-0.25, -0.2) is 0 Å². The van der Waals surface area contributed by atoms with Gasteiger partial charge in [0, 0.05) is 12.5 Å². The van der Waals surface area contributed by atoms with Crippen LogP contribution in [0.15, 0.2) is 12.1 Å². The van der Waals surface area contributed by atoms with E-state index in [2.05, 4.69) is 12.1 Å². The average molecular weight is 194 g/mol. The summed E-state index contributed by atoms with van der Waals surface area (Å²) < 4.78 is 5.28. The lowest BCUT2D eigenvalue weighted by Gasteiger charge is -2.14. The molecule has 1 atom stereocenters. The second kappa shape index (κ2) is 4.47. The molecule has 0 aromatic heterocycles. The van der Waals surface area contributed by atoms with Crippen LogP contribution in [0.5, 0.6) is 5.75 Å². The largest absolute Gasteiger partial charge is 0.496 e. The number of methoxy groups -OCH3 is 1. The minimum atomic E-state index is 0.186. The van der Waals surface area contributed by atoms with Crippen LogP contribution in [-0.2, 0) is 0 Å². The van der Waals surface area contributed by atoms with Gasteiger partial charge in [-0.1, -0.05) is 19.1 Å². The van der Waals surface area contributed by atoms with E-state index in [-0.39, 0.29) is 12.5 Å². The lowest BCUT2D eigenvalue weighted by Crippen LogP contribution is -2.01. The van der Waals surface area contributed by atoms with Gasteiger partial charge < -0.3 is 9.84 Å². The van der Waals surface area contributed by atoms with Crippen molar-refractivity contribution >= 4 is 0 Å². The highest BCUT2D eigenvalue weighted by atomic mass is 16.5. The van der Waals surface area contributed by atoms with Crippen molar-refractivity contribution in [2.75, 3.05) is 13.7 Å². The normalized spacial score (nSPS) is 12.6. The summed E-state index contributed by atoms with van der Waals surface area (Å²) >= 11 is 0. The summed E-state index contributed by atoms with van der Waals surface area (Å²) in [6.07, 6.45) is 0. The first-order valence-corrected chi connectivity index (χ1v) is 4.86. The number of benzene rings is 1. The SMILES string of the molecule is COc1c(C)cc(C(C)CO)cc1C. The number of rotatable bonds is 3. The molecule has 1 aromatic carbocycles. The highest BCUT2D eigenvalue weighted by Gasteiger charge is 2.09. The molecule has 2 nitrogen and oxygen atoms in total. The fourth-order valence-corrected chi connectivity index (χ4v) is 1.70. The minimum Gasteiger partial charge on any atom is -0.496 e. The van der Waals surface area contributed by atoms with Gasteiger partial charge in [0.1, 0.15) is 5.75 Å². The molecule has 0 bridgehead atoms. The van der Waals surface area contributed by atoms with Crippen molar-refractivity contribution in [3.63, 3.8) is 0 Å². The van der Waals surface area contributed by atoms with Crippen LogP contribution in [0.1, 0.15) is 29.5 Å². The van der Waals surface area contributed by atoms with Crippen LogP contribution < -0.4 is 4.74 Å². The highest BCUT2D eigenvalue weighted by molar-refractivity contribution is 5.44. The molecule has 0 heterocycles. The number of ether oxygens (including phenoxy) is 1. The van der Waals surface area contributed by atoms with E-state index >= 15 is 0 Å². The molecule has 1 N–H and O–H groups in total. The van der Waals surface area contributed by atoms with E-state index < -0.39 is 0 Å². The standard InChI is InChI=1S/C12H18O2/c1-8-5-11(10(3)7-13)6-9(2)12(8)14-4/h5-6,10,13H,7H2,1-4H3. The Balaban J connectivity index is 3.13. The molecule has 0 saturated heterocycles. The van der Waals surface area contributed by atoms with Crippen molar-refractivity contribution in [2.45, 2.75) is 26.7 Å². The van der Waals surface area contributed by atoms with Crippen molar-refractivity contribution in [1.82, 2.24) is 0 Å². The Kier molecular flexibility index (Phi) is 3.53. The third-order valence-corrected chi connectivity index (χ3v) is 2.53. The minimum absolute atomic E-state index is 0.186. The Hall–Kier alpha value is -1.02. The van der Waals surface area contributed by atoms with Gasteiger partial charge in [0.25, 0.3) is 0 Å². The van der Waals surface area contributed by atoms with Crippen LogP contribution in [0.3, 0.4) is 0 Å². The van der Waals surface area contributed by atoms with Gasteiger partial charge in [-0.15, -0.1) is 0 Å². The Morgan fingerprint density at radius 3 is 2.14 bits per heavy atom. The molecule has 78 valence electrons. The van der Waals surface area contributed by atoms with Crippen LogP contribution in [0.25, 0.3) is 0 Å². The molecule has 0 spiro atoms. The Bertz CT molecular complexity index is 295. The first-order valence-electron chi connectivity index (χ1n) is 4.86. The van der Waals surface area contributed by atoms with Crippen LogP contribution >= 0.6 is 0 Å². The van der Waals surface area contributed by atoms with Gasteiger partial charge in [0.05, 0.1) is 7.11 Å². The molecule has 0 radical (unpaired) electrons.